The number of unbranched alkanes of at least 4 members (excludes halogenated alkanes) is 5. The molecule has 0 aliphatic carbocycles. The Morgan fingerprint density at radius 1 is 0.846 bits per heavy atom. The van der Waals surface area contributed by atoms with Crippen LogP contribution in [0.25, 0.3) is 0 Å². The maximum Gasteiger partial charge on any atom is 0.220 e. The highest BCUT2D eigenvalue weighted by Gasteiger charge is 2.01. The number of hydrogen-bond acceptors (Lipinski definition) is 5. The molecule has 0 aliphatic rings. The van der Waals surface area contributed by atoms with Crippen molar-refractivity contribution in [1.29, 1.82) is 0 Å². The van der Waals surface area contributed by atoms with Gasteiger partial charge in [0, 0.05) is 39.3 Å². The summed E-state index contributed by atoms with van der Waals surface area (Å²) in [5, 5.41) is 6.27. The van der Waals surface area contributed by atoms with E-state index in [2.05, 4.69) is 24.5 Å². The number of rotatable bonds is 20. The number of methoxy groups -OCH3 is 1. The van der Waals surface area contributed by atoms with Crippen molar-refractivity contribution < 1.29 is 19.0 Å². The Kier molecular flexibility index (Phi) is 20.1. The van der Waals surface area contributed by atoms with E-state index in [1.54, 1.807) is 7.11 Å². The zero-order valence-electron chi connectivity index (χ0n) is 17.3. The average molecular weight is 375 g/mol. The van der Waals surface area contributed by atoms with Crippen LogP contribution in [0.3, 0.4) is 0 Å². The first-order valence-electron chi connectivity index (χ1n) is 10.3. The summed E-state index contributed by atoms with van der Waals surface area (Å²) in [4.78, 5) is 11.7. The molecule has 0 aromatic rings. The third-order valence-electron chi connectivity index (χ3n) is 4.29. The number of ether oxygens (including phenoxy) is 3. The van der Waals surface area contributed by atoms with E-state index in [-0.39, 0.29) is 5.91 Å². The number of carbonyl (C=O) groups excluding carboxylic acids is 1. The predicted octanol–water partition coefficient (Wildman–Crippen LogP) is 2.90. The predicted molar refractivity (Wildman–Crippen MR) is 107 cm³/mol. The molecule has 0 aromatic carbocycles. The van der Waals surface area contributed by atoms with Gasteiger partial charge in [0.05, 0.1) is 26.4 Å². The molecule has 1 atom stereocenters. The minimum absolute atomic E-state index is 0.125. The second kappa shape index (κ2) is 20.6. The van der Waals surface area contributed by atoms with E-state index < -0.39 is 0 Å². The summed E-state index contributed by atoms with van der Waals surface area (Å²) >= 11 is 0. The van der Waals surface area contributed by atoms with Crippen LogP contribution in [0, 0.1) is 0 Å². The Morgan fingerprint density at radius 2 is 1.46 bits per heavy atom. The average Bonchev–Trinajstić information content (AvgIpc) is 2.65. The van der Waals surface area contributed by atoms with E-state index in [9.17, 15) is 4.79 Å². The second-order valence-electron chi connectivity index (χ2n) is 6.70. The molecule has 0 heterocycles. The standard InChI is InChI=1S/C20H42N2O4/c1-4-19(2)21-12-15-25-17-18-26-16-13-22-20(23)11-9-7-5-6-8-10-14-24-3/h19,21H,4-18H2,1-3H3,(H,22,23). The van der Waals surface area contributed by atoms with Gasteiger partial charge in [-0.25, -0.2) is 0 Å². The molecule has 1 amide bonds. The largest absolute Gasteiger partial charge is 0.385 e. The van der Waals surface area contributed by atoms with Gasteiger partial charge in [-0.05, 0) is 26.2 Å². The summed E-state index contributed by atoms with van der Waals surface area (Å²) in [5.74, 6) is 0.125. The first-order valence-corrected chi connectivity index (χ1v) is 10.3. The summed E-state index contributed by atoms with van der Waals surface area (Å²) in [6.07, 6.45) is 8.62. The Balaban J connectivity index is 3.17. The van der Waals surface area contributed by atoms with Gasteiger partial charge in [-0.1, -0.05) is 32.6 Å². The van der Waals surface area contributed by atoms with Crippen molar-refractivity contribution in [1.82, 2.24) is 10.6 Å². The molecule has 0 aromatic heterocycles. The first-order chi connectivity index (χ1) is 12.7. The molecule has 1 unspecified atom stereocenters. The fourth-order valence-corrected chi connectivity index (χ4v) is 2.43. The molecule has 0 radical (unpaired) electrons. The van der Waals surface area contributed by atoms with Crippen LogP contribution in [-0.2, 0) is 19.0 Å². The smallest absolute Gasteiger partial charge is 0.220 e. The van der Waals surface area contributed by atoms with Gasteiger partial charge < -0.3 is 24.8 Å². The van der Waals surface area contributed by atoms with Crippen LogP contribution in [-0.4, -0.2) is 65.2 Å². The lowest BCUT2D eigenvalue weighted by Crippen LogP contribution is -2.29. The summed E-state index contributed by atoms with van der Waals surface area (Å²) in [7, 11) is 1.74. The van der Waals surface area contributed by atoms with Crippen molar-refractivity contribution in [2.45, 2.75) is 71.3 Å². The van der Waals surface area contributed by atoms with Crippen LogP contribution in [0.4, 0.5) is 0 Å². The highest BCUT2D eigenvalue weighted by molar-refractivity contribution is 5.75. The zero-order valence-corrected chi connectivity index (χ0v) is 17.3. The number of carbonyl (C=O) groups is 1. The van der Waals surface area contributed by atoms with E-state index >= 15 is 0 Å². The van der Waals surface area contributed by atoms with Gasteiger partial charge in [0.25, 0.3) is 0 Å². The van der Waals surface area contributed by atoms with Crippen molar-refractivity contribution >= 4 is 5.91 Å². The van der Waals surface area contributed by atoms with Gasteiger partial charge in [0.15, 0.2) is 0 Å². The Hall–Kier alpha value is -0.690. The van der Waals surface area contributed by atoms with Gasteiger partial charge in [-0.15, -0.1) is 0 Å². The van der Waals surface area contributed by atoms with Crippen molar-refractivity contribution in [3.05, 3.63) is 0 Å². The molecule has 156 valence electrons. The number of nitrogens with one attached hydrogen (secondary N) is 2. The van der Waals surface area contributed by atoms with Crippen molar-refractivity contribution in [3.63, 3.8) is 0 Å². The molecule has 26 heavy (non-hydrogen) atoms. The second-order valence-corrected chi connectivity index (χ2v) is 6.70. The highest BCUT2D eigenvalue weighted by atomic mass is 16.5. The van der Waals surface area contributed by atoms with Crippen molar-refractivity contribution in [2.24, 2.45) is 0 Å². The van der Waals surface area contributed by atoms with Crippen LogP contribution in [0.5, 0.6) is 0 Å². The topological polar surface area (TPSA) is 68.8 Å². The Bertz CT molecular complexity index is 304. The van der Waals surface area contributed by atoms with E-state index in [4.69, 9.17) is 14.2 Å². The Morgan fingerprint density at radius 3 is 2.12 bits per heavy atom. The molecule has 0 aliphatic heterocycles. The highest BCUT2D eigenvalue weighted by Crippen LogP contribution is 2.07. The minimum atomic E-state index is 0.125. The maximum atomic E-state index is 11.7. The molecule has 0 bridgehead atoms. The van der Waals surface area contributed by atoms with Crippen LogP contribution in [0.1, 0.15) is 65.2 Å². The Labute approximate surface area is 160 Å². The lowest BCUT2D eigenvalue weighted by atomic mass is 10.1. The van der Waals surface area contributed by atoms with Gasteiger partial charge in [0.1, 0.15) is 0 Å². The van der Waals surface area contributed by atoms with E-state index in [0.29, 0.717) is 45.4 Å². The molecule has 6 nitrogen and oxygen atoms in total. The monoisotopic (exact) mass is 374 g/mol. The number of amides is 1. The molecule has 2 N–H and O–H groups in total. The fraction of sp³-hybridized carbons (Fsp3) is 0.950. The molecule has 0 spiro atoms. The third kappa shape index (κ3) is 19.6. The summed E-state index contributed by atoms with van der Waals surface area (Å²) in [6, 6.07) is 0.541. The fourth-order valence-electron chi connectivity index (χ4n) is 2.43. The number of hydrogen-bond donors (Lipinski definition) is 2. The molecule has 0 fully saturated rings. The third-order valence-corrected chi connectivity index (χ3v) is 4.29. The van der Waals surface area contributed by atoms with Gasteiger partial charge in [-0.2, -0.15) is 0 Å². The first kappa shape index (κ1) is 25.3. The van der Waals surface area contributed by atoms with Crippen molar-refractivity contribution in [2.75, 3.05) is 53.2 Å². The van der Waals surface area contributed by atoms with Gasteiger partial charge in [-0.3, -0.25) is 4.79 Å². The molecule has 0 rings (SSSR count). The molecular formula is C20H42N2O4. The van der Waals surface area contributed by atoms with E-state index in [1.165, 1.54) is 19.3 Å². The normalized spacial score (nSPS) is 12.3. The molecule has 6 heteroatoms. The van der Waals surface area contributed by atoms with Crippen LogP contribution < -0.4 is 10.6 Å². The maximum absolute atomic E-state index is 11.7. The van der Waals surface area contributed by atoms with Crippen LogP contribution >= 0.6 is 0 Å². The van der Waals surface area contributed by atoms with Gasteiger partial charge in [0.2, 0.25) is 5.91 Å². The molecule has 0 saturated heterocycles. The lowest BCUT2D eigenvalue weighted by molar-refractivity contribution is -0.121. The van der Waals surface area contributed by atoms with Gasteiger partial charge >= 0.3 is 0 Å². The summed E-state index contributed by atoms with van der Waals surface area (Å²) in [6.45, 7) is 9.05. The molecular weight excluding hydrogens is 332 g/mol. The lowest BCUT2D eigenvalue weighted by Gasteiger charge is -2.11. The summed E-state index contributed by atoms with van der Waals surface area (Å²) < 4.78 is 16.0. The van der Waals surface area contributed by atoms with E-state index in [0.717, 1.165) is 38.8 Å². The van der Waals surface area contributed by atoms with E-state index in [1.807, 2.05) is 0 Å². The SMILES string of the molecule is CCC(C)NCCOCCOCCNC(=O)CCCCCCCCOC. The summed E-state index contributed by atoms with van der Waals surface area (Å²) in [5.41, 5.74) is 0. The zero-order chi connectivity index (χ0) is 19.3. The molecule has 0 saturated carbocycles. The van der Waals surface area contributed by atoms with Crippen molar-refractivity contribution in [3.8, 4) is 0 Å². The van der Waals surface area contributed by atoms with Crippen LogP contribution in [0.2, 0.25) is 0 Å². The minimum Gasteiger partial charge on any atom is -0.385 e. The quantitative estimate of drug-likeness (QED) is 0.321. The van der Waals surface area contributed by atoms with Crippen LogP contribution in [0.15, 0.2) is 0 Å².